The SMILES string of the molecule is CC(C)(C)C1C(=O)C=CCN1C(=O)O. The highest BCUT2D eigenvalue weighted by atomic mass is 16.4. The first-order valence-corrected chi connectivity index (χ1v) is 4.54. The molecule has 1 aliphatic heterocycles. The summed E-state index contributed by atoms with van der Waals surface area (Å²) in [7, 11) is 0. The molecule has 14 heavy (non-hydrogen) atoms. The Kier molecular flexibility index (Phi) is 2.64. The van der Waals surface area contributed by atoms with E-state index >= 15 is 0 Å². The largest absolute Gasteiger partial charge is 0.465 e. The predicted molar refractivity (Wildman–Crippen MR) is 52.1 cm³/mol. The summed E-state index contributed by atoms with van der Waals surface area (Å²) in [4.78, 5) is 23.6. The number of hydrogen-bond donors (Lipinski definition) is 1. The average molecular weight is 197 g/mol. The zero-order valence-electron chi connectivity index (χ0n) is 8.65. The van der Waals surface area contributed by atoms with E-state index in [4.69, 9.17) is 5.11 Å². The number of amides is 1. The van der Waals surface area contributed by atoms with E-state index in [0.717, 1.165) is 0 Å². The summed E-state index contributed by atoms with van der Waals surface area (Å²) in [5, 5.41) is 8.93. The van der Waals surface area contributed by atoms with Crippen LogP contribution >= 0.6 is 0 Å². The van der Waals surface area contributed by atoms with Crippen molar-refractivity contribution in [2.45, 2.75) is 26.8 Å². The third-order valence-electron chi connectivity index (χ3n) is 2.23. The third-order valence-corrected chi connectivity index (χ3v) is 2.23. The van der Waals surface area contributed by atoms with Crippen molar-refractivity contribution in [2.75, 3.05) is 6.54 Å². The Bertz CT molecular complexity index is 288. The van der Waals surface area contributed by atoms with Crippen LogP contribution in [0, 0.1) is 5.41 Å². The maximum Gasteiger partial charge on any atom is 0.408 e. The molecule has 0 aromatic heterocycles. The number of rotatable bonds is 0. The maximum absolute atomic E-state index is 11.6. The highest BCUT2D eigenvalue weighted by Gasteiger charge is 2.38. The van der Waals surface area contributed by atoms with Gasteiger partial charge in [0.2, 0.25) is 0 Å². The number of hydrogen-bond acceptors (Lipinski definition) is 2. The third kappa shape index (κ3) is 1.95. The van der Waals surface area contributed by atoms with Crippen LogP contribution in [0.4, 0.5) is 4.79 Å². The minimum atomic E-state index is -1.04. The van der Waals surface area contributed by atoms with Gasteiger partial charge in [-0.25, -0.2) is 4.79 Å². The van der Waals surface area contributed by atoms with Crippen LogP contribution < -0.4 is 0 Å². The van der Waals surface area contributed by atoms with Crippen LogP contribution in [0.5, 0.6) is 0 Å². The number of carbonyl (C=O) groups excluding carboxylic acids is 1. The minimum Gasteiger partial charge on any atom is -0.465 e. The lowest BCUT2D eigenvalue weighted by molar-refractivity contribution is -0.123. The highest BCUT2D eigenvalue weighted by molar-refractivity contribution is 5.97. The van der Waals surface area contributed by atoms with Gasteiger partial charge in [0.05, 0.1) is 0 Å². The van der Waals surface area contributed by atoms with Crippen molar-refractivity contribution < 1.29 is 14.7 Å². The molecule has 1 N–H and O–H groups in total. The predicted octanol–water partition coefficient (Wildman–Crippen LogP) is 1.52. The van der Waals surface area contributed by atoms with E-state index in [9.17, 15) is 9.59 Å². The molecule has 0 spiro atoms. The Morgan fingerprint density at radius 2 is 2.14 bits per heavy atom. The fourth-order valence-electron chi connectivity index (χ4n) is 1.72. The van der Waals surface area contributed by atoms with E-state index in [1.165, 1.54) is 11.0 Å². The van der Waals surface area contributed by atoms with Gasteiger partial charge in [0.25, 0.3) is 0 Å². The van der Waals surface area contributed by atoms with Gasteiger partial charge < -0.3 is 5.11 Å². The van der Waals surface area contributed by atoms with Gasteiger partial charge in [0, 0.05) is 6.54 Å². The summed E-state index contributed by atoms with van der Waals surface area (Å²) in [6, 6.07) is -0.565. The molecule has 4 nitrogen and oxygen atoms in total. The van der Waals surface area contributed by atoms with Gasteiger partial charge in [0.15, 0.2) is 5.78 Å². The number of ketones is 1. The molecule has 0 saturated heterocycles. The van der Waals surface area contributed by atoms with Crippen molar-refractivity contribution in [3.05, 3.63) is 12.2 Å². The van der Waals surface area contributed by atoms with Crippen LogP contribution in [-0.2, 0) is 4.79 Å². The standard InChI is InChI=1S/C10H15NO3/c1-10(2,3)8-7(12)5-4-6-11(8)9(13)14/h4-5,8H,6H2,1-3H3,(H,13,14). The van der Waals surface area contributed by atoms with E-state index < -0.39 is 12.1 Å². The number of nitrogens with zero attached hydrogens (tertiary/aromatic N) is 1. The summed E-state index contributed by atoms with van der Waals surface area (Å²) in [5.74, 6) is -0.133. The lowest BCUT2D eigenvalue weighted by Gasteiger charge is -2.38. The normalized spacial score (nSPS) is 22.6. The molecule has 1 atom stereocenters. The minimum absolute atomic E-state index is 0.133. The molecule has 4 heteroatoms. The molecule has 0 aliphatic carbocycles. The zero-order chi connectivity index (χ0) is 10.9. The quantitative estimate of drug-likeness (QED) is 0.640. The Balaban J connectivity index is 3.02. The van der Waals surface area contributed by atoms with Gasteiger partial charge in [-0.1, -0.05) is 26.8 Å². The molecule has 1 unspecified atom stereocenters. The van der Waals surface area contributed by atoms with E-state index in [0.29, 0.717) is 6.54 Å². The molecular weight excluding hydrogens is 182 g/mol. The molecule has 0 radical (unpaired) electrons. The summed E-state index contributed by atoms with van der Waals surface area (Å²) in [6.07, 6.45) is 2.01. The van der Waals surface area contributed by atoms with Crippen LogP contribution in [-0.4, -0.2) is 34.5 Å². The molecule has 0 fully saturated rings. The van der Waals surface area contributed by atoms with Crippen molar-refractivity contribution in [1.82, 2.24) is 4.90 Å². The molecule has 0 saturated carbocycles. The average Bonchev–Trinajstić information content (AvgIpc) is 2.01. The van der Waals surface area contributed by atoms with Crippen LogP contribution in [0.3, 0.4) is 0 Å². The monoisotopic (exact) mass is 197 g/mol. The van der Waals surface area contributed by atoms with Crippen molar-refractivity contribution in [3.63, 3.8) is 0 Å². The first-order valence-electron chi connectivity index (χ1n) is 4.54. The topological polar surface area (TPSA) is 57.6 Å². The number of carboxylic acid groups (broad SMARTS) is 1. The van der Waals surface area contributed by atoms with Gasteiger partial charge in [-0.15, -0.1) is 0 Å². The zero-order valence-corrected chi connectivity index (χ0v) is 8.65. The Morgan fingerprint density at radius 3 is 2.50 bits per heavy atom. The molecule has 0 bridgehead atoms. The van der Waals surface area contributed by atoms with E-state index in [1.54, 1.807) is 6.08 Å². The smallest absolute Gasteiger partial charge is 0.408 e. The molecule has 1 aliphatic rings. The Labute approximate surface area is 83.2 Å². The second-order valence-electron chi connectivity index (χ2n) is 4.51. The van der Waals surface area contributed by atoms with Gasteiger partial charge in [-0.3, -0.25) is 9.69 Å². The van der Waals surface area contributed by atoms with Crippen LogP contribution in [0.1, 0.15) is 20.8 Å². The van der Waals surface area contributed by atoms with Gasteiger partial charge in [0.1, 0.15) is 6.04 Å². The van der Waals surface area contributed by atoms with E-state index in [-0.39, 0.29) is 11.2 Å². The van der Waals surface area contributed by atoms with Gasteiger partial charge in [-0.05, 0) is 11.5 Å². The number of carbonyl (C=O) groups is 2. The maximum atomic E-state index is 11.6. The Morgan fingerprint density at radius 1 is 1.57 bits per heavy atom. The van der Waals surface area contributed by atoms with Crippen molar-refractivity contribution in [2.24, 2.45) is 5.41 Å². The molecule has 1 rings (SSSR count). The Hall–Kier alpha value is -1.32. The lowest BCUT2D eigenvalue weighted by atomic mass is 9.82. The second kappa shape index (κ2) is 3.44. The van der Waals surface area contributed by atoms with Crippen molar-refractivity contribution >= 4 is 11.9 Å². The summed E-state index contributed by atoms with van der Waals surface area (Å²) >= 11 is 0. The van der Waals surface area contributed by atoms with Crippen LogP contribution in [0.15, 0.2) is 12.2 Å². The molecular formula is C10H15NO3. The summed E-state index contributed by atoms with van der Waals surface area (Å²) in [5.41, 5.74) is -0.361. The fourth-order valence-corrected chi connectivity index (χ4v) is 1.72. The fraction of sp³-hybridized carbons (Fsp3) is 0.600. The first kappa shape index (κ1) is 10.8. The van der Waals surface area contributed by atoms with Gasteiger partial charge >= 0.3 is 6.09 Å². The summed E-state index contributed by atoms with van der Waals surface area (Å²) < 4.78 is 0. The summed E-state index contributed by atoms with van der Waals surface area (Å²) in [6.45, 7) is 5.89. The van der Waals surface area contributed by atoms with Gasteiger partial charge in [-0.2, -0.15) is 0 Å². The van der Waals surface area contributed by atoms with Crippen molar-refractivity contribution in [3.8, 4) is 0 Å². The molecule has 0 aromatic carbocycles. The lowest BCUT2D eigenvalue weighted by Crippen LogP contribution is -2.52. The highest BCUT2D eigenvalue weighted by Crippen LogP contribution is 2.27. The van der Waals surface area contributed by atoms with Crippen molar-refractivity contribution in [1.29, 1.82) is 0 Å². The molecule has 1 amide bonds. The first-order chi connectivity index (χ1) is 6.34. The molecule has 78 valence electrons. The van der Waals surface area contributed by atoms with Crippen LogP contribution in [0.2, 0.25) is 0 Å². The van der Waals surface area contributed by atoms with E-state index in [2.05, 4.69) is 0 Å². The molecule has 1 heterocycles. The second-order valence-corrected chi connectivity index (χ2v) is 4.51. The van der Waals surface area contributed by atoms with E-state index in [1.807, 2.05) is 20.8 Å². The molecule has 0 aromatic rings. The van der Waals surface area contributed by atoms with Crippen LogP contribution in [0.25, 0.3) is 0 Å².